The summed E-state index contributed by atoms with van der Waals surface area (Å²) in [5.74, 6) is 0.151. The van der Waals surface area contributed by atoms with Crippen LogP contribution in [0.5, 0.6) is 5.75 Å². The standard InChI is InChI=1S/C15H9ClN2O5S/c16-11-2-1-3-12-14(11)17-13(24-12)8-22-15(19)23-10-6-4-9(5-7-10)18(20)21/h1-7H,8H2. The Balaban J connectivity index is 1.60. The number of rotatable bonds is 4. The highest BCUT2D eigenvalue weighted by atomic mass is 35.5. The third-order valence-electron chi connectivity index (χ3n) is 2.98. The van der Waals surface area contributed by atoms with Crippen LogP contribution in [0.25, 0.3) is 10.2 Å². The molecule has 0 bridgehead atoms. The smallest absolute Gasteiger partial charge is 0.427 e. The SMILES string of the molecule is O=C(OCc1nc2c(Cl)cccc2s1)Oc1ccc([N+](=O)[O-])cc1. The van der Waals surface area contributed by atoms with Crippen molar-refractivity contribution in [1.82, 2.24) is 4.98 Å². The molecule has 9 heteroatoms. The second kappa shape index (κ2) is 6.81. The molecule has 24 heavy (non-hydrogen) atoms. The molecule has 0 atom stereocenters. The summed E-state index contributed by atoms with van der Waals surface area (Å²) in [6.07, 6.45) is -0.922. The quantitative estimate of drug-likeness (QED) is 0.291. The first kappa shape index (κ1) is 16.2. The molecular weight excluding hydrogens is 356 g/mol. The first-order valence-electron chi connectivity index (χ1n) is 6.66. The Labute approximate surface area is 144 Å². The Kier molecular flexibility index (Phi) is 4.59. The van der Waals surface area contributed by atoms with Crippen LogP contribution in [0, 0.1) is 10.1 Å². The van der Waals surface area contributed by atoms with Crippen molar-refractivity contribution in [3.8, 4) is 5.75 Å². The molecule has 0 saturated carbocycles. The molecule has 0 aliphatic heterocycles. The number of thiazole rings is 1. The zero-order valence-electron chi connectivity index (χ0n) is 12.0. The summed E-state index contributed by atoms with van der Waals surface area (Å²) in [4.78, 5) is 26.0. The number of aromatic nitrogens is 1. The van der Waals surface area contributed by atoms with Crippen LogP contribution in [-0.2, 0) is 11.3 Å². The zero-order valence-corrected chi connectivity index (χ0v) is 13.5. The van der Waals surface area contributed by atoms with Crippen molar-refractivity contribution in [1.29, 1.82) is 0 Å². The summed E-state index contributed by atoms with van der Waals surface area (Å²) in [5, 5.41) is 11.7. The molecule has 122 valence electrons. The number of ether oxygens (including phenoxy) is 2. The second-order valence-corrected chi connectivity index (χ2v) is 6.11. The van der Waals surface area contributed by atoms with Crippen molar-refractivity contribution in [2.24, 2.45) is 0 Å². The van der Waals surface area contributed by atoms with Gasteiger partial charge in [0.2, 0.25) is 0 Å². The van der Waals surface area contributed by atoms with E-state index in [2.05, 4.69) is 4.98 Å². The van der Waals surface area contributed by atoms with Crippen LogP contribution >= 0.6 is 22.9 Å². The molecule has 0 radical (unpaired) electrons. The number of hydrogen-bond acceptors (Lipinski definition) is 7. The summed E-state index contributed by atoms with van der Waals surface area (Å²) >= 11 is 7.40. The number of carbonyl (C=O) groups excluding carboxylic acids is 1. The molecular formula is C15H9ClN2O5S. The molecule has 7 nitrogen and oxygen atoms in total. The van der Waals surface area contributed by atoms with Gasteiger partial charge in [0, 0.05) is 12.1 Å². The summed E-state index contributed by atoms with van der Waals surface area (Å²) in [6.45, 7) is -0.0541. The molecule has 0 aliphatic rings. The fourth-order valence-electron chi connectivity index (χ4n) is 1.90. The molecule has 0 spiro atoms. The number of para-hydroxylation sites is 1. The van der Waals surface area contributed by atoms with Crippen LogP contribution in [0.4, 0.5) is 10.5 Å². The van der Waals surface area contributed by atoms with Crippen molar-refractivity contribution < 1.29 is 19.2 Å². The van der Waals surface area contributed by atoms with Crippen LogP contribution < -0.4 is 4.74 Å². The molecule has 0 amide bonds. The molecule has 0 unspecified atom stereocenters. The van der Waals surface area contributed by atoms with E-state index in [1.54, 1.807) is 6.07 Å². The average molecular weight is 365 g/mol. The Morgan fingerprint density at radius 2 is 2.00 bits per heavy atom. The minimum absolute atomic E-state index is 0.0541. The summed E-state index contributed by atoms with van der Waals surface area (Å²) in [7, 11) is 0. The van der Waals surface area contributed by atoms with E-state index in [-0.39, 0.29) is 18.0 Å². The molecule has 3 aromatic rings. The van der Waals surface area contributed by atoms with Crippen LogP contribution in [0.15, 0.2) is 42.5 Å². The lowest BCUT2D eigenvalue weighted by Crippen LogP contribution is -2.10. The van der Waals surface area contributed by atoms with Gasteiger partial charge in [0.15, 0.2) is 0 Å². The van der Waals surface area contributed by atoms with Crippen molar-refractivity contribution in [3.05, 3.63) is 62.6 Å². The Bertz CT molecular complexity index is 910. The normalized spacial score (nSPS) is 10.5. The Morgan fingerprint density at radius 1 is 1.25 bits per heavy atom. The third kappa shape index (κ3) is 3.61. The number of nitro benzene ring substituents is 1. The van der Waals surface area contributed by atoms with Crippen LogP contribution in [0.1, 0.15) is 5.01 Å². The maximum Gasteiger partial charge on any atom is 0.514 e. The van der Waals surface area contributed by atoms with E-state index >= 15 is 0 Å². The first-order valence-corrected chi connectivity index (χ1v) is 7.85. The zero-order chi connectivity index (χ0) is 17.1. The highest BCUT2D eigenvalue weighted by molar-refractivity contribution is 7.18. The van der Waals surface area contributed by atoms with Crippen LogP contribution in [-0.4, -0.2) is 16.1 Å². The van der Waals surface area contributed by atoms with Gasteiger partial charge in [-0.3, -0.25) is 10.1 Å². The number of non-ortho nitro benzene ring substituents is 1. The number of fused-ring (bicyclic) bond motifs is 1. The highest BCUT2D eigenvalue weighted by Crippen LogP contribution is 2.28. The van der Waals surface area contributed by atoms with E-state index in [1.807, 2.05) is 12.1 Å². The number of hydrogen-bond donors (Lipinski definition) is 0. The van der Waals surface area contributed by atoms with E-state index in [0.29, 0.717) is 15.5 Å². The topological polar surface area (TPSA) is 91.6 Å². The largest absolute Gasteiger partial charge is 0.514 e. The summed E-state index contributed by atoms with van der Waals surface area (Å²) in [5.41, 5.74) is 0.563. The fourth-order valence-corrected chi connectivity index (χ4v) is 3.09. The van der Waals surface area contributed by atoms with Crippen molar-refractivity contribution >= 4 is 45.0 Å². The monoisotopic (exact) mass is 364 g/mol. The van der Waals surface area contributed by atoms with E-state index in [4.69, 9.17) is 21.1 Å². The minimum atomic E-state index is -0.922. The molecule has 1 heterocycles. The van der Waals surface area contributed by atoms with Crippen LogP contribution in [0.2, 0.25) is 5.02 Å². The lowest BCUT2D eigenvalue weighted by Gasteiger charge is -2.04. The average Bonchev–Trinajstić information content (AvgIpc) is 2.98. The van der Waals surface area contributed by atoms with Crippen molar-refractivity contribution in [3.63, 3.8) is 0 Å². The van der Waals surface area contributed by atoms with E-state index in [9.17, 15) is 14.9 Å². The fraction of sp³-hybridized carbons (Fsp3) is 0.0667. The van der Waals surface area contributed by atoms with E-state index in [0.717, 1.165) is 4.70 Å². The molecule has 2 aromatic carbocycles. The maximum atomic E-state index is 11.7. The van der Waals surface area contributed by atoms with Gasteiger partial charge in [-0.05, 0) is 24.3 Å². The van der Waals surface area contributed by atoms with Crippen LogP contribution in [0.3, 0.4) is 0 Å². The first-order chi connectivity index (χ1) is 11.5. The lowest BCUT2D eigenvalue weighted by atomic mass is 10.3. The van der Waals surface area contributed by atoms with Gasteiger partial charge in [-0.25, -0.2) is 9.78 Å². The molecule has 0 fully saturated rings. The summed E-state index contributed by atoms with van der Waals surface area (Å²) < 4.78 is 10.8. The number of carbonyl (C=O) groups is 1. The van der Waals surface area contributed by atoms with Gasteiger partial charge in [0.1, 0.15) is 22.9 Å². The third-order valence-corrected chi connectivity index (χ3v) is 4.28. The molecule has 1 aromatic heterocycles. The van der Waals surface area contributed by atoms with Gasteiger partial charge < -0.3 is 9.47 Å². The number of benzene rings is 2. The molecule has 3 rings (SSSR count). The van der Waals surface area contributed by atoms with Gasteiger partial charge in [0.05, 0.1) is 14.6 Å². The van der Waals surface area contributed by atoms with Crippen molar-refractivity contribution in [2.75, 3.05) is 0 Å². The Hall–Kier alpha value is -2.71. The van der Waals surface area contributed by atoms with Gasteiger partial charge in [-0.1, -0.05) is 17.7 Å². The van der Waals surface area contributed by atoms with Gasteiger partial charge >= 0.3 is 6.16 Å². The van der Waals surface area contributed by atoms with Crippen molar-refractivity contribution in [2.45, 2.75) is 6.61 Å². The highest BCUT2D eigenvalue weighted by Gasteiger charge is 2.12. The molecule has 0 N–H and O–H groups in total. The predicted molar refractivity (Wildman–Crippen MR) is 88.5 cm³/mol. The molecule has 0 aliphatic carbocycles. The Morgan fingerprint density at radius 3 is 2.67 bits per heavy atom. The van der Waals surface area contributed by atoms with Gasteiger partial charge in [-0.15, -0.1) is 11.3 Å². The van der Waals surface area contributed by atoms with Gasteiger partial charge in [-0.2, -0.15) is 0 Å². The van der Waals surface area contributed by atoms with E-state index < -0.39 is 11.1 Å². The van der Waals surface area contributed by atoms with E-state index in [1.165, 1.54) is 35.6 Å². The summed E-state index contributed by atoms with van der Waals surface area (Å²) in [6, 6.07) is 10.5. The second-order valence-electron chi connectivity index (χ2n) is 4.59. The molecule has 0 saturated heterocycles. The number of nitrogens with zero attached hydrogens (tertiary/aromatic N) is 2. The minimum Gasteiger partial charge on any atom is -0.427 e. The number of halogens is 1. The predicted octanol–water partition coefficient (Wildman–Crippen LogP) is 4.57. The van der Waals surface area contributed by atoms with Gasteiger partial charge in [0.25, 0.3) is 5.69 Å². The lowest BCUT2D eigenvalue weighted by molar-refractivity contribution is -0.384. The maximum absolute atomic E-state index is 11.7. The number of nitro groups is 1.